The molecule has 0 radical (unpaired) electrons. The first kappa shape index (κ1) is 19.9. The van der Waals surface area contributed by atoms with Crippen LogP contribution < -0.4 is 0 Å². The lowest BCUT2D eigenvalue weighted by atomic mass is 9.47. The zero-order chi connectivity index (χ0) is 21.1. The Kier molecular flexibility index (Phi) is 4.49. The number of carbonyl (C=O) groups is 2. The third kappa shape index (κ3) is 2.74. The summed E-state index contributed by atoms with van der Waals surface area (Å²) in [4.78, 5) is 24.9. The molecule has 6 atom stereocenters. The summed E-state index contributed by atoms with van der Waals surface area (Å²) in [5.41, 5.74) is 0.824. The molecule has 30 heavy (non-hydrogen) atoms. The van der Waals surface area contributed by atoms with Crippen molar-refractivity contribution in [3.63, 3.8) is 0 Å². The molecule has 0 aliphatic heterocycles. The number of rotatable bonds is 3. The number of Topliss-reactive ketones (excluding diaryl/α,β-unsaturated/α-hetero) is 1. The lowest BCUT2D eigenvalue weighted by molar-refractivity contribution is -0.120. The highest BCUT2D eigenvalue weighted by Crippen LogP contribution is 2.67. The first-order chi connectivity index (χ1) is 14.3. The van der Waals surface area contributed by atoms with Crippen LogP contribution in [0.15, 0.2) is 54.1 Å². The van der Waals surface area contributed by atoms with E-state index < -0.39 is 5.60 Å². The van der Waals surface area contributed by atoms with Gasteiger partial charge in [-0.25, -0.2) is 0 Å². The Bertz CT molecular complexity index is 944. The van der Waals surface area contributed by atoms with Crippen molar-refractivity contribution in [2.75, 3.05) is 0 Å². The maximum atomic E-state index is 13.0. The molecule has 1 aromatic carbocycles. The Balaban J connectivity index is 1.42. The number of benzene rings is 1. The van der Waals surface area contributed by atoms with Gasteiger partial charge in [0.05, 0.1) is 5.60 Å². The van der Waals surface area contributed by atoms with Gasteiger partial charge in [0.25, 0.3) is 0 Å². The zero-order valence-corrected chi connectivity index (χ0v) is 18.1. The number of carbonyl (C=O) groups excluding carboxylic acids is 2. The van der Waals surface area contributed by atoms with Crippen molar-refractivity contribution in [1.29, 1.82) is 0 Å². The van der Waals surface area contributed by atoms with E-state index in [1.165, 1.54) is 5.57 Å². The molecule has 5 rings (SSSR count). The van der Waals surface area contributed by atoms with E-state index in [2.05, 4.69) is 19.9 Å². The van der Waals surface area contributed by atoms with E-state index in [9.17, 15) is 14.7 Å². The van der Waals surface area contributed by atoms with E-state index in [0.29, 0.717) is 29.7 Å². The summed E-state index contributed by atoms with van der Waals surface area (Å²) >= 11 is 0. The second-order valence-corrected chi connectivity index (χ2v) is 10.6. The second kappa shape index (κ2) is 6.75. The van der Waals surface area contributed by atoms with Crippen LogP contribution in [0.1, 0.15) is 69.2 Å². The van der Waals surface area contributed by atoms with E-state index >= 15 is 0 Å². The zero-order valence-electron chi connectivity index (χ0n) is 18.1. The minimum Gasteiger partial charge on any atom is -0.389 e. The summed E-state index contributed by atoms with van der Waals surface area (Å²) in [5, 5.41) is 11.8. The van der Waals surface area contributed by atoms with Crippen molar-refractivity contribution >= 4 is 11.6 Å². The second-order valence-electron chi connectivity index (χ2n) is 10.6. The number of allylic oxidation sites excluding steroid dienone is 4. The molecule has 0 bridgehead atoms. The molecule has 3 heteroatoms. The molecule has 0 saturated heterocycles. The topological polar surface area (TPSA) is 54.4 Å². The van der Waals surface area contributed by atoms with E-state index in [0.717, 1.165) is 32.1 Å². The number of fused-ring (bicyclic) bond motifs is 5. The van der Waals surface area contributed by atoms with Gasteiger partial charge in [0.1, 0.15) is 0 Å². The van der Waals surface area contributed by atoms with E-state index in [1.54, 1.807) is 6.08 Å². The maximum Gasteiger partial charge on any atom is 0.178 e. The predicted molar refractivity (Wildman–Crippen MR) is 117 cm³/mol. The Labute approximate surface area is 179 Å². The fourth-order valence-electron chi connectivity index (χ4n) is 7.59. The summed E-state index contributed by atoms with van der Waals surface area (Å²) in [6, 6.07) is 9.39. The molecule has 3 fully saturated rings. The third-order valence-corrected chi connectivity index (χ3v) is 9.43. The van der Waals surface area contributed by atoms with E-state index in [-0.39, 0.29) is 28.8 Å². The molecule has 0 aromatic heterocycles. The molecule has 0 spiro atoms. The largest absolute Gasteiger partial charge is 0.389 e. The Morgan fingerprint density at radius 3 is 2.57 bits per heavy atom. The molecule has 0 amide bonds. The summed E-state index contributed by atoms with van der Waals surface area (Å²) < 4.78 is 0. The molecular weight excluding hydrogens is 372 g/mol. The van der Waals surface area contributed by atoms with Crippen LogP contribution in [-0.4, -0.2) is 22.3 Å². The molecule has 3 nitrogen and oxygen atoms in total. The minimum absolute atomic E-state index is 0.0290. The van der Waals surface area contributed by atoms with Gasteiger partial charge in [-0.1, -0.05) is 55.8 Å². The Morgan fingerprint density at radius 1 is 1.07 bits per heavy atom. The van der Waals surface area contributed by atoms with Gasteiger partial charge < -0.3 is 5.11 Å². The molecule has 4 aliphatic rings. The van der Waals surface area contributed by atoms with Crippen LogP contribution in [0.25, 0.3) is 0 Å². The lowest BCUT2D eigenvalue weighted by Crippen LogP contribution is -2.54. The van der Waals surface area contributed by atoms with Gasteiger partial charge in [-0.3, -0.25) is 9.59 Å². The smallest absolute Gasteiger partial charge is 0.178 e. The average molecular weight is 405 g/mol. The van der Waals surface area contributed by atoms with Gasteiger partial charge in [-0.05, 0) is 73.8 Å². The van der Waals surface area contributed by atoms with Gasteiger partial charge in [-0.15, -0.1) is 0 Å². The highest BCUT2D eigenvalue weighted by Gasteiger charge is 2.63. The van der Waals surface area contributed by atoms with Crippen LogP contribution in [0.5, 0.6) is 0 Å². The highest BCUT2D eigenvalue weighted by molar-refractivity contribution is 6.01. The monoisotopic (exact) mass is 404 g/mol. The van der Waals surface area contributed by atoms with Crippen molar-refractivity contribution in [3.05, 3.63) is 59.7 Å². The van der Waals surface area contributed by atoms with Crippen LogP contribution in [0.2, 0.25) is 0 Å². The Morgan fingerprint density at radius 2 is 1.80 bits per heavy atom. The van der Waals surface area contributed by atoms with E-state index in [4.69, 9.17) is 0 Å². The SMILES string of the molecule is C[C@]12C=CC(=O)C=C1CC[C@H]1[C@H]3CC[C@](O)(CC(=O)c4ccccc4)[C@@]3(C)CC[C@@H]12. The molecule has 0 unspecified atom stereocenters. The molecule has 158 valence electrons. The first-order valence-electron chi connectivity index (χ1n) is 11.5. The highest BCUT2D eigenvalue weighted by atomic mass is 16.3. The van der Waals surface area contributed by atoms with Crippen molar-refractivity contribution in [1.82, 2.24) is 0 Å². The standard InChI is InChI=1S/C27H32O3/c1-25-13-10-20(28)16-19(25)8-9-21-22(25)11-14-26(2)23(21)12-15-27(26,30)17-24(29)18-6-4-3-5-7-18/h3-7,10,13,16,21-23,30H,8-9,11-12,14-15,17H2,1-2H3/t21-,22+,23-,25+,26+,27+/m1/s1. The summed E-state index contributed by atoms with van der Waals surface area (Å²) in [6.07, 6.45) is 11.8. The predicted octanol–water partition coefficient (Wildman–Crippen LogP) is 5.30. The van der Waals surface area contributed by atoms with Crippen molar-refractivity contribution < 1.29 is 14.7 Å². The fourth-order valence-corrected chi connectivity index (χ4v) is 7.59. The summed E-state index contributed by atoms with van der Waals surface area (Å²) in [6.45, 7) is 4.55. The van der Waals surface area contributed by atoms with Gasteiger partial charge in [0.15, 0.2) is 11.6 Å². The number of hydrogen-bond acceptors (Lipinski definition) is 3. The fraction of sp³-hybridized carbons (Fsp3) is 0.556. The first-order valence-corrected chi connectivity index (χ1v) is 11.5. The molecule has 1 aromatic rings. The molecular formula is C27H32O3. The van der Waals surface area contributed by atoms with Gasteiger partial charge >= 0.3 is 0 Å². The number of hydrogen-bond donors (Lipinski definition) is 1. The Hall–Kier alpha value is -2.00. The quantitative estimate of drug-likeness (QED) is 0.696. The lowest BCUT2D eigenvalue weighted by Gasteiger charge is -2.58. The van der Waals surface area contributed by atoms with Crippen molar-refractivity contribution in [2.45, 2.75) is 64.4 Å². The molecule has 1 N–H and O–H groups in total. The van der Waals surface area contributed by atoms with Crippen LogP contribution in [-0.2, 0) is 4.79 Å². The van der Waals surface area contributed by atoms with Crippen LogP contribution in [0.4, 0.5) is 0 Å². The normalized spacial score (nSPS) is 42.2. The van der Waals surface area contributed by atoms with Gasteiger partial charge in [0.2, 0.25) is 0 Å². The number of aliphatic hydroxyl groups is 1. The third-order valence-electron chi connectivity index (χ3n) is 9.43. The molecule has 3 saturated carbocycles. The molecule has 4 aliphatic carbocycles. The maximum absolute atomic E-state index is 13.0. The van der Waals surface area contributed by atoms with Crippen molar-refractivity contribution in [3.8, 4) is 0 Å². The number of ketones is 2. The minimum atomic E-state index is -0.926. The van der Waals surface area contributed by atoms with E-state index in [1.807, 2.05) is 36.4 Å². The van der Waals surface area contributed by atoms with Crippen LogP contribution >= 0.6 is 0 Å². The average Bonchev–Trinajstić information content (AvgIpc) is 3.00. The van der Waals surface area contributed by atoms with Gasteiger partial charge in [0, 0.05) is 17.4 Å². The summed E-state index contributed by atoms with van der Waals surface area (Å²) in [5.74, 6) is 1.68. The van der Waals surface area contributed by atoms with Gasteiger partial charge in [-0.2, -0.15) is 0 Å². The van der Waals surface area contributed by atoms with Crippen LogP contribution in [0, 0.1) is 28.6 Å². The van der Waals surface area contributed by atoms with Crippen molar-refractivity contribution in [2.24, 2.45) is 28.6 Å². The molecule has 0 heterocycles. The van der Waals surface area contributed by atoms with Crippen LogP contribution in [0.3, 0.4) is 0 Å². The summed E-state index contributed by atoms with van der Waals surface area (Å²) in [7, 11) is 0.